The lowest BCUT2D eigenvalue weighted by Crippen LogP contribution is -1.94. The van der Waals surface area contributed by atoms with Gasteiger partial charge in [-0.25, -0.2) is 0 Å². The number of allylic oxidation sites excluding steroid dienone is 2. The molecule has 0 aliphatic carbocycles. The van der Waals surface area contributed by atoms with Crippen LogP contribution < -0.4 is 0 Å². The van der Waals surface area contributed by atoms with Crippen molar-refractivity contribution in [2.24, 2.45) is 5.92 Å². The van der Waals surface area contributed by atoms with Crippen LogP contribution in [0.1, 0.15) is 58.8 Å². The minimum Gasteiger partial charge on any atom is -0.303 e. The van der Waals surface area contributed by atoms with E-state index in [-0.39, 0.29) is 0 Å². The number of carbonyl (C=O) groups excluding carboxylic acids is 1. The minimum absolute atomic E-state index is 0.736. The summed E-state index contributed by atoms with van der Waals surface area (Å²) in [7, 11) is 0. The van der Waals surface area contributed by atoms with Crippen molar-refractivity contribution in [1.29, 1.82) is 0 Å². The van der Waals surface area contributed by atoms with Crippen molar-refractivity contribution in [3.05, 3.63) is 12.2 Å². The standard InChI is InChI=1S/C13H24O/c1-3-4-5-6-7-10-13(2)11-8-9-12-14/h4-5,12-13H,3,6-11H2,1-2H3/b5-4+. The van der Waals surface area contributed by atoms with Crippen LogP contribution in [0.5, 0.6) is 0 Å². The minimum atomic E-state index is 0.736. The lowest BCUT2D eigenvalue weighted by Gasteiger charge is -2.08. The van der Waals surface area contributed by atoms with Gasteiger partial charge in [-0.15, -0.1) is 0 Å². The molecule has 14 heavy (non-hydrogen) atoms. The first-order valence-corrected chi connectivity index (χ1v) is 5.89. The Labute approximate surface area is 88.6 Å². The van der Waals surface area contributed by atoms with E-state index in [0.29, 0.717) is 0 Å². The molecule has 0 aromatic heterocycles. The van der Waals surface area contributed by atoms with Crippen molar-refractivity contribution in [3.63, 3.8) is 0 Å². The van der Waals surface area contributed by atoms with Gasteiger partial charge in [0.2, 0.25) is 0 Å². The second-order valence-electron chi connectivity index (χ2n) is 4.01. The van der Waals surface area contributed by atoms with Gasteiger partial charge in [-0.3, -0.25) is 0 Å². The Morgan fingerprint density at radius 1 is 1.07 bits per heavy atom. The zero-order valence-electron chi connectivity index (χ0n) is 9.67. The molecule has 0 fully saturated rings. The lowest BCUT2D eigenvalue weighted by molar-refractivity contribution is -0.107. The van der Waals surface area contributed by atoms with Gasteiger partial charge in [-0.1, -0.05) is 38.8 Å². The monoisotopic (exact) mass is 196 g/mol. The van der Waals surface area contributed by atoms with E-state index < -0.39 is 0 Å². The maximum atomic E-state index is 10.1. The summed E-state index contributed by atoms with van der Waals surface area (Å²) in [4.78, 5) is 10.1. The molecule has 0 aromatic rings. The van der Waals surface area contributed by atoms with Gasteiger partial charge in [0.15, 0.2) is 0 Å². The van der Waals surface area contributed by atoms with Crippen molar-refractivity contribution >= 4 is 6.29 Å². The molecule has 0 amide bonds. The van der Waals surface area contributed by atoms with Crippen LogP contribution >= 0.6 is 0 Å². The molecule has 1 atom stereocenters. The molecule has 0 aliphatic heterocycles. The van der Waals surface area contributed by atoms with E-state index in [9.17, 15) is 4.79 Å². The normalized spacial score (nSPS) is 13.3. The van der Waals surface area contributed by atoms with E-state index in [1.165, 1.54) is 25.7 Å². The highest BCUT2D eigenvalue weighted by Crippen LogP contribution is 2.14. The van der Waals surface area contributed by atoms with Crippen molar-refractivity contribution in [1.82, 2.24) is 0 Å². The predicted octanol–water partition coefficient (Wildman–Crippen LogP) is 4.13. The van der Waals surface area contributed by atoms with Crippen molar-refractivity contribution in [2.75, 3.05) is 0 Å². The zero-order chi connectivity index (χ0) is 10.6. The maximum Gasteiger partial charge on any atom is 0.119 e. The lowest BCUT2D eigenvalue weighted by atomic mass is 9.98. The van der Waals surface area contributed by atoms with Crippen molar-refractivity contribution in [3.8, 4) is 0 Å². The van der Waals surface area contributed by atoms with Gasteiger partial charge < -0.3 is 4.79 Å². The molecule has 0 aromatic carbocycles. The topological polar surface area (TPSA) is 17.1 Å². The molecule has 0 aliphatic rings. The molecular weight excluding hydrogens is 172 g/mol. The van der Waals surface area contributed by atoms with Crippen LogP contribution in [0.2, 0.25) is 0 Å². The highest BCUT2D eigenvalue weighted by Gasteiger charge is 2.00. The number of hydrogen-bond acceptors (Lipinski definition) is 1. The Balaban J connectivity index is 3.21. The van der Waals surface area contributed by atoms with E-state index in [1.807, 2.05) is 0 Å². The van der Waals surface area contributed by atoms with Crippen molar-refractivity contribution < 1.29 is 4.79 Å². The fourth-order valence-electron chi connectivity index (χ4n) is 1.56. The smallest absolute Gasteiger partial charge is 0.119 e. The second-order valence-corrected chi connectivity index (χ2v) is 4.01. The molecular formula is C13H24O. The third-order valence-corrected chi connectivity index (χ3v) is 2.49. The average Bonchev–Trinajstić information content (AvgIpc) is 2.18. The number of carbonyl (C=O) groups is 1. The quantitative estimate of drug-likeness (QED) is 0.308. The van der Waals surface area contributed by atoms with Gasteiger partial charge in [0.05, 0.1) is 0 Å². The number of rotatable bonds is 9. The largest absolute Gasteiger partial charge is 0.303 e. The summed E-state index contributed by atoms with van der Waals surface area (Å²) in [5.41, 5.74) is 0. The van der Waals surface area contributed by atoms with E-state index in [1.54, 1.807) is 0 Å². The Morgan fingerprint density at radius 2 is 1.71 bits per heavy atom. The average molecular weight is 196 g/mol. The van der Waals surface area contributed by atoms with Crippen LogP contribution in [0.4, 0.5) is 0 Å². The van der Waals surface area contributed by atoms with Crippen LogP contribution in [0.3, 0.4) is 0 Å². The van der Waals surface area contributed by atoms with Gasteiger partial charge >= 0.3 is 0 Å². The molecule has 0 radical (unpaired) electrons. The molecule has 0 saturated heterocycles. The summed E-state index contributed by atoms with van der Waals surface area (Å²) >= 11 is 0. The third-order valence-electron chi connectivity index (χ3n) is 2.49. The Bertz CT molecular complexity index is 149. The number of hydrogen-bond donors (Lipinski definition) is 0. The summed E-state index contributed by atoms with van der Waals surface area (Å²) < 4.78 is 0. The fraction of sp³-hybridized carbons (Fsp3) is 0.769. The Kier molecular flexibility index (Phi) is 10.0. The molecule has 0 bridgehead atoms. The molecule has 0 rings (SSSR count). The number of aldehydes is 1. The summed E-state index contributed by atoms with van der Waals surface area (Å²) in [6.45, 7) is 4.45. The first kappa shape index (κ1) is 13.4. The van der Waals surface area contributed by atoms with Crippen LogP contribution in [0, 0.1) is 5.92 Å². The molecule has 82 valence electrons. The molecule has 1 unspecified atom stereocenters. The van der Waals surface area contributed by atoms with Crippen LogP contribution in [0.25, 0.3) is 0 Å². The van der Waals surface area contributed by atoms with Gasteiger partial charge in [-0.05, 0) is 31.6 Å². The van der Waals surface area contributed by atoms with Gasteiger partial charge in [0.25, 0.3) is 0 Å². The molecule has 1 heteroatoms. The summed E-state index contributed by atoms with van der Waals surface area (Å²) in [5.74, 6) is 0.782. The Morgan fingerprint density at radius 3 is 2.29 bits per heavy atom. The van der Waals surface area contributed by atoms with E-state index in [0.717, 1.165) is 31.5 Å². The van der Waals surface area contributed by atoms with Crippen LogP contribution in [-0.2, 0) is 4.79 Å². The summed E-state index contributed by atoms with van der Waals surface area (Å²) in [6, 6.07) is 0. The molecule has 0 spiro atoms. The van der Waals surface area contributed by atoms with Gasteiger partial charge in [-0.2, -0.15) is 0 Å². The molecule has 0 heterocycles. The first-order chi connectivity index (χ1) is 6.81. The molecule has 1 nitrogen and oxygen atoms in total. The predicted molar refractivity (Wildman–Crippen MR) is 62.4 cm³/mol. The van der Waals surface area contributed by atoms with E-state index >= 15 is 0 Å². The van der Waals surface area contributed by atoms with Crippen LogP contribution in [0.15, 0.2) is 12.2 Å². The second kappa shape index (κ2) is 10.5. The first-order valence-electron chi connectivity index (χ1n) is 5.89. The fourth-order valence-corrected chi connectivity index (χ4v) is 1.56. The summed E-state index contributed by atoms with van der Waals surface area (Å²) in [5, 5.41) is 0. The Hall–Kier alpha value is -0.590. The molecule has 0 saturated carbocycles. The highest BCUT2D eigenvalue weighted by atomic mass is 16.1. The van der Waals surface area contributed by atoms with E-state index in [2.05, 4.69) is 26.0 Å². The van der Waals surface area contributed by atoms with E-state index in [4.69, 9.17) is 0 Å². The third kappa shape index (κ3) is 9.50. The van der Waals surface area contributed by atoms with Crippen molar-refractivity contribution in [2.45, 2.75) is 58.8 Å². The van der Waals surface area contributed by atoms with Gasteiger partial charge in [0.1, 0.15) is 6.29 Å². The zero-order valence-corrected chi connectivity index (χ0v) is 9.67. The van der Waals surface area contributed by atoms with Gasteiger partial charge in [0, 0.05) is 6.42 Å². The number of unbranched alkanes of at least 4 members (excludes halogenated alkanes) is 2. The summed E-state index contributed by atoms with van der Waals surface area (Å²) in [6.07, 6.45) is 13.5. The highest BCUT2D eigenvalue weighted by molar-refractivity contribution is 5.48. The van der Waals surface area contributed by atoms with Crippen LogP contribution in [-0.4, -0.2) is 6.29 Å². The molecule has 0 N–H and O–H groups in total. The maximum absolute atomic E-state index is 10.1. The SMILES string of the molecule is CC/C=C/CCCC(C)CCCC=O.